The van der Waals surface area contributed by atoms with Crippen LogP contribution in [0.3, 0.4) is 0 Å². The van der Waals surface area contributed by atoms with Gasteiger partial charge in [0.15, 0.2) is 0 Å². The molecule has 0 heterocycles. The second-order valence-corrected chi connectivity index (χ2v) is 5.70. The quantitative estimate of drug-likeness (QED) is 0.497. The van der Waals surface area contributed by atoms with Crippen LogP contribution < -0.4 is 0 Å². The molecule has 0 bridgehead atoms. The summed E-state index contributed by atoms with van der Waals surface area (Å²) >= 11 is 9.61. The molecule has 0 spiro atoms. The number of hydrogen-bond donors (Lipinski definition) is 0. The maximum Gasteiger partial charge on any atom is 0.380 e. The summed E-state index contributed by atoms with van der Waals surface area (Å²) in [4.78, 5) is 0. The van der Waals surface area contributed by atoms with Crippen molar-refractivity contribution in [1.82, 2.24) is 0 Å². The molecular formula is C5H3Cl2F8OP. The van der Waals surface area contributed by atoms with Crippen molar-refractivity contribution in [2.45, 2.75) is 24.2 Å². The van der Waals surface area contributed by atoms with Crippen LogP contribution in [0.5, 0.6) is 0 Å². The topological polar surface area (TPSA) is 9.23 Å². The maximum atomic E-state index is 12.6. The summed E-state index contributed by atoms with van der Waals surface area (Å²) in [6, 6.07) is 0. The highest BCUT2D eigenvalue weighted by Crippen LogP contribution is 2.53. The smallest absolute Gasteiger partial charge is 0.325 e. The first-order chi connectivity index (χ1) is 7.36. The Morgan fingerprint density at radius 2 is 1.41 bits per heavy atom. The minimum absolute atomic E-state index is 2.30. The van der Waals surface area contributed by atoms with Crippen LogP contribution in [-0.2, 0) is 4.52 Å². The molecule has 0 aromatic rings. The summed E-state index contributed by atoms with van der Waals surface area (Å²) in [6.45, 7) is -4.87. The third-order valence-corrected chi connectivity index (χ3v) is 2.41. The average Bonchev–Trinajstić information content (AvgIpc) is 2.14. The summed E-state index contributed by atoms with van der Waals surface area (Å²) in [5.41, 5.74) is 0. The molecule has 104 valence electrons. The highest BCUT2D eigenvalue weighted by molar-refractivity contribution is 8.00. The van der Waals surface area contributed by atoms with Gasteiger partial charge in [-0.2, -0.15) is 26.3 Å². The Bertz CT molecular complexity index is 260. The third-order valence-electron chi connectivity index (χ3n) is 1.50. The molecule has 0 saturated carbocycles. The van der Waals surface area contributed by atoms with E-state index in [9.17, 15) is 35.1 Å². The minimum Gasteiger partial charge on any atom is -0.325 e. The molecule has 0 saturated heterocycles. The molecular weight excluding hydrogens is 330 g/mol. The molecule has 0 aliphatic rings. The van der Waals surface area contributed by atoms with Crippen molar-refractivity contribution in [2.75, 3.05) is 6.61 Å². The number of alkyl halides is 8. The van der Waals surface area contributed by atoms with Gasteiger partial charge in [-0.15, -0.1) is 0 Å². The van der Waals surface area contributed by atoms with Crippen molar-refractivity contribution in [3.8, 4) is 0 Å². The van der Waals surface area contributed by atoms with Gasteiger partial charge in [0.1, 0.15) is 6.61 Å². The van der Waals surface area contributed by atoms with Crippen LogP contribution in [0.4, 0.5) is 35.1 Å². The Hall–Kier alpha value is 0.410. The molecule has 0 rings (SSSR count). The van der Waals surface area contributed by atoms with Gasteiger partial charge in [0.2, 0.25) is 6.85 Å². The third kappa shape index (κ3) is 3.68. The summed E-state index contributed by atoms with van der Waals surface area (Å²) in [6.07, 6.45) is -4.96. The largest absolute Gasteiger partial charge is 0.380 e. The monoisotopic (exact) mass is 332 g/mol. The predicted molar refractivity (Wildman–Crippen MR) is 45.4 cm³/mol. The van der Waals surface area contributed by atoms with E-state index < -0.39 is 37.7 Å². The number of rotatable bonds is 6. The lowest BCUT2D eigenvalue weighted by molar-refractivity contribution is -0.342. The first-order valence-electron chi connectivity index (χ1n) is 3.52. The highest BCUT2D eigenvalue weighted by atomic mass is 35.9. The van der Waals surface area contributed by atoms with E-state index in [1.54, 1.807) is 0 Å². The molecule has 0 amide bonds. The Kier molecular flexibility index (Phi) is 5.72. The van der Waals surface area contributed by atoms with E-state index in [1.807, 2.05) is 0 Å². The Labute approximate surface area is 100 Å². The summed E-state index contributed by atoms with van der Waals surface area (Å²) < 4.78 is 102. The highest BCUT2D eigenvalue weighted by Gasteiger charge is 2.75. The van der Waals surface area contributed by atoms with Crippen molar-refractivity contribution in [3.05, 3.63) is 0 Å². The maximum absolute atomic E-state index is 12.6. The van der Waals surface area contributed by atoms with Crippen LogP contribution in [0.25, 0.3) is 0 Å². The van der Waals surface area contributed by atoms with E-state index in [4.69, 9.17) is 22.5 Å². The molecule has 0 aromatic heterocycles. The van der Waals surface area contributed by atoms with E-state index in [2.05, 4.69) is 4.52 Å². The van der Waals surface area contributed by atoms with Gasteiger partial charge in [-0.05, 0) is 22.5 Å². The van der Waals surface area contributed by atoms with Gasteiger partial charge in [-0.3, -0.25) is 0 Å². The van der Waals surface area contributed by atoms with Crippen molar-refractivity contribution in [2.24, 2.45) is 0 Å². The molecule has 0 atom stereocenters. The first kappa shape index (κ1) is 17.4. The lowest BCUT2D eigenvalue weighted by Crippen LogP contribution is -2.59. The van der Waals surface area contributed by atoms with Gasteiger partial charge in [0.05, 0.1) is 0 Å². The normalized spacial score (nSPS) is 14.8. The molecule has 0 unspecified atom stereocenters. The second-order valence-electron chi connectivity index (χ2n) is 2.68. The van der Waals surface area contributed by atoms with Gasteiger partial charge in [0.25, 0.3) is 0 Å². The Balaban J connectivity index is 5.01. The predicted octanol–water partition coefficient (Wildman–Crippen LogP) is 4.88. The van der Waals surface area contributed by atoms with Crippen LogP contribution >= 0.6 is 29.3 Å². The fraction of sp³-hybridized carbons (Fsp3) is 1.00. The van der Waals surface area contributed by atoms with E-state index in [0.29, 0.717) is 0 Å². The Morgan fingerprint density at radius 3 is 1.71 bits per heavy atom. The van der Waals surface area contributed by atoms with Gasteiger partial charge < -0.3 is 4.52 Å². The van der Waals surface area contributed by atoms with Crippen LogP contribution in [-0.4, -0.2) is 30.8 Å². The summed E-state index contributed by atoms with van der Waals surface area (Å²) in [5, 5.41) is 0. The zero-order valence-corrected chi connectivity index (χ0v) is 9.83. The molecule has 0 radical (unpaired) electrons. The molecule has 17 heavy (non-hydrogen) atoms. The van der Waals surface area contributed by atoms with E-state index in [-0.39, 0.29) is 0 Å². The fourth-order valence-electron chi connectivity index (χ4n) is 0.601. The van der Waals surface area contributed by atoms with Gasteiger partial charge in [0, 0.05) is 0 Å². The minimum atomic E-state index is -6.30. The van der Waals surface area contributed by atoms with Gasteiger partial charge in [-0.25, -0.2) is 8.78 Å². The molecule has 0 fully saturated rings. The molecule has 0 N–H and O–H groups in total. The summed E-state index contributed by atoms with van der Waals surface area (Å²) in [7, 11) is 0. The molecule has 0 aliphatic carbocycles. The van der Waals surface area contributed by atoms with E-state index in [1.165, 1.54) is 0 Å². The van der Waals surface area contributed by atoms with E-state index >= 15 is 0 Å². The molecule has 1 nitrogen and oxygen atoms in total. The number of hydrogen-bond acceptors (Lipinski definition) is 1. The van der Waals surface area contributed by atoms with Crippen LogP contribution in [0.2, 0.25) is 0 Å². The van der Waals surface area contributed by atoms with Crippen LogP contribution in [0.15, 0.2) is 0 Å². The van der Waals surface area contributed by atoms with Crippen molar-refractivity contribution in [3.63, 3.8) is 0 Å². The summed E-state index contributed by atoms with van der Waals surface area (Å²) in [5.74, 6) is -18.0. The Morgan fingerprint density at radius 1 is 1.00 bits per heavy atom. The SMILES string of the molecule is FC(F)C(F)(F)C(F)(F)C(F)(F)COP(Cl)Cl. The molecule has 0 aromatic carbocycles. The standard InChI is InChI=1S/C5H3Cl2F8OP/c6-17(7)16-1-3(10,11)5(14,15)4(12,13)2(8)9/h2H,1H2. The average molecular weight is 333 g/mol. The zero-order chi connectivity index (χ0) is 14.1. The van der Waals surface area contributed by atoms with Crippen molar-refractivity contribution >= 4 is 29.3 Å². The lowest BCUT2D eigenvalue weighted by Gasteiger charge is -2.31. The van der Waals surface area contributed by atoms with Crippen molar-refractivity contribution < 1.29 is 39.6 Å². The zero-order valence-electron chi connectivity index (χ0n) is 7.42. The van der Waals surface area contributed by atoms with Crippen LogP contribution in [0.1, 0.15) is 0 Å². The fourth-order valence-corrected chi connectivity index (χ4v) is 1.15. The van der Waals surface area contributed by atoms with E-state index in [0.717, 1.165) is 0 Å². The van der Waals surface area contributed by atoms with Crippen LogP contribution in [0, 0.1) is 0 Å². The lowest BCUT2D eigenvalue weighted by atomic mass is 10.1. The second kappa shape index (κ2) is 5.59. The number of halogens is 10. The molecule has 0 aliphatic heterocycles. The van der Waals surface area contributed by atoms with Gasteiger partial charge in [-0.1, -0.05) is 0 Å². The van der Waals surface area contributed by atoms with Crippen molar-refractivity contribution in [1.29, 1.82) is 0 Å². The molecule has 12 heteroatoms. The first-order valence-corrected chi connectivity index (χ1v) is 6.59. The van der Waals surface area contributed by atoms with Gasteiger partial charge >= 0.3 is 24.2 Å².